The van der Waals surface area contributed by atoms with Crippen molar-refractivity contribution in [3.63, 3.8) is 0 Å². The van der Waals surface area contributed by atoms with Gasteiger partial charge in [-0.25, -0.2) is 4.98 Å². The number of nitrogens with one attached hydrogen (secondary N) is 1. The fraction of sp³-hybridized carbons (Fsp3) is 0.364. The zero-order chi connectivity index (χ0) is 18.8. The highest BCUT2D eigenvalue weighted by Gasteiger charge is 2.30. The van der Waals surface area contributed by atoms with E-state index in [1.54, 1.807) is 11.3 Å². The number of para-hydroxylation sites is 2. The van der Waals surface area contributed by atoms with Crippen molar-refractivity contribution in [2.45, 2.75) is 38.6 Å². The molecule has 1 fully saturated rings. The Labute approximate surface area is 164 Å². The van der Waals surface area contributed by atoms with Gasteiger partial charge in [0.05, 0.1) is 22.8 Å². The van der Waals surface area contributed by atoms with Gasteiger partial charge < -0.3 is 5.32 Å². The molecule has 1 N–H and O–H groups in total. The Kier molecular flexibility index (Phi) is 5.23. The van der Waals surface area contributed by atoms with Gasteiger partial charge in [0.1, 0.15) is 5.01 Å². The molecule has 0 unspecified atom stereocenters. The fourth-order valence-corrected chi connectivity index (χ4v) is 4.95. The molecule has 4 nitrogen and oxygen atoms in total. The molecule has 140 valence electrons. The van der Waals surface area contributed by atoms with Gasteiger partial charge in [0.2, 0.25) is 5.91 Å². The largest absolute Gasteiger partial charge is 0.325 e. The van der Waals surface area contributed by atoms with Crippen LogP contribution in [0.1, 0.15) is 49.2 Å². The van der Waals surface area contributed by atoms with Gasteiger partial charge in [-0.2, -0.15) is 0 Å². The molecule has 4 rings (SSSR count). The Balaban J connectivity index is 1.47. The summed E-state index contributed by atoms with van der Waals surface area (Å²) >= 11 is 1.75. The molecule has 1 aromatic heterocycles. The van der Waals surface area contributed by atoms with Crippen LogP contribution in [0.3, 0.4) is 0 Å². The summed E-state index contributed by atoms with van der Waals surface area (Å²) in [5.74, 6) is 0.430. The monoisotopic (exact) mass is 379 g/mol. The van der Waals surface area contributed by atoms with Crippen molar-refractivity contribution >= 4 is 33.1 Å². The summed E-state index contributed by atoms with van der Waals surface area (Å²) < 4.78 is 1.22. The minimum absolute atomic E-state index is 0.0520. The number of thiazole rings is 1. The number of amides is 1. The zero-order valence-electron chi connectivity index (χ0n) is 15.8. The highest BCUT2D eigenvalue weighted by Crippen LogP contribution is 2.36. The van der Waals surface area contributed by atoms with Crippen molar-refractivity contribution in [3.8, 4) is 0 Å². The highest BCUT2D eigenvalue weighted by molar-refractivity contribution is 7.18. The second kappa shape index (κ2) is 7.79. The number of nitrogens with zero attached hydrogens (tertiary/aromatic N) is 2. The quantitative estimate of drug-likeness (QED) is 0.663. The Morgan fingerprint density at radius 1 is 1.22 bits per heavy atom. The van der Waals surface area contributed by atoms with E-state index in [4.69, 9.17) is 4.98 Å². The minimum Gasteiger partial charge on any atom is -0.325 e. The number of aromatic nitrogens is 1. The van der Waals surface area contributed by atoms with Gasteiger partial charge in [0.25, 0.3) is 0 Å². The molecule has 2 heterocycles. The predicted molar refractivity (Wildman–Crippen MR) is 112 cm³/mol. The number of carbonyl (C=O) groups is 1. The van der Waals surface area contributed by atoms with Gasteiger partial charge in [0, 0.05) is 5.69 Å². The molecule has 1 saturated heterocycles. The Bertz CT molecular complexity index is 916. The van der Waals surface area contributed by atoms with E-state index in [1.165, 1.54) is 10.3 Å². The molecule has 0 radical (unpaired) electrons. The van der Waals surface area contributed by atoms with Gasteiger partial charge in [-0.1, -0.05) is 44.2 Å². The third-order valence-corrected chi connectivity index (χ3v) is 6.30. The number of benzene rings is 2. The molecule has 1 aliphatic heterocycles. The third kappa shape index (κ3) is 3.89. The van der Waals surface area contributed by atoms with Crippen LogP contribution in [0.25, 0.3) is 10.2 Å². The summed E-state index contributed by atoms with van der Waals surface area (Å²) in [5, 5.41) is 4.25. The lowest BCUT2D eigenvalue weighted by Gasteiger charge is -2.22. The highest BCUT2D eigenvalue weighted by atomic mass is 32.1. The average Bonchev–Trinajstić information content (AvgIpc) is 3.28. The number of likely N-dealkylation sites (tertiary alicyclic amines) is 1. The van der Waals surface area contributed by atoms with Crippen LogP contribution < -0.4 is 5.32 Å². The second-order valence-electron chi connectivity index (χ2n) is 7.44. The first-order valence-electron chi connectivity index (χ1n) is 9.60. The normalized spacial score (nSPS) is 17.7. The first-order valence-corrected chi connectivity index (χ1v) is 10.4. The molecule has 0 aliphatic carbocycles. The molecule has 0 saturated carbocycles. The summed E-state index contributed by atoms with van der Waals surface area (Å²) in [7, 11) is 0. The molecule has 1 aliphatic rings. The van der Waals surface area contributed by atoms with Crippen molar-refractivity contribution in [2.75, 3.05) is 18.4 Å². The summed E-state index contributed by atoms with van der Waals surface area (Å²) in [4.78, 5) is 19.8. The Morgan fingerprint density at radius 3 is 2.81 bits per heavy atom. The van der Waals surface area contributed by atoms with E-state index in [1.807, 2.05) is 24.3 Å². The van der Waals surface area contributed by atoms with E-state index < -0.39 is 0 Å². The van der Waals surface area contributed by atoms with Crippen molar-refractivity contribution in [3.05, 3.63) is 59.1 Å². The van der Waals surface area contributed by atoms with Gasteiger partial charge in [0.15, 0.2) is 0 Å². The van der Waals surface area contributed by atoms with Crippen LogP contribution in [-0.4, -0.2) is 28.9 Å². The summed E-state index contributed by atoms with van der Waals surface area (Å²) in [6.45, 7) is 5.65. The number of hydrogen-bond acceptors (Lipinski definition) is 4. The molecule has 1 atom stereocenters. The van der Waals surface area contributed by atoms with Crippen molar-refractivity contribution < 1.29 is 4.79 Å². The number of fused-ring (bicyclic) bond motifs is 1. The standard InChI is InChI=1S/C22H25N3OS/c1-15(2)16-8-3-4-9-17(16)23-21(26)14-25-13-7-11-19(25)22-24-18-10-5-6-12-20(18)27-22/h3-6,8-10,12,15,19H,7,11,13-14H2,1-2H3,(H,23,26)/t19-/m1/s1. The van der Waals surface area contributed by atoms with Gasteiger partial charge in [-0.3, -0.25) is 9.69 Å². The number of anilines is 1. The maximum Gasteiger partial charge on any atom is 0.238 e. The lowest BCUT2D eigenvalue weighted by molar-refractivity contribution is -0.117. The van der Waals surface area contributed by atoms with Gasteiger partial charge >= 0.3 is 0 Å². The Morgan fingerprint density at radius 2 is 2.00 bits per heavy atom. The molecule has 1 amide bonds. The van der Waals surface area contributed by atoms with E-state index in [2.05, 4.69) is 48.3 Å². The smallest absolute Gasteiger partial charge is 0.238 e. The van der Waals surface area contributed by atoms with Crippen LogP contribution >= 0.6 is 11.3 Å². The molecule has 5 heteroatoms. The first-order chi connectivity index (χ1) is 13.1. The molecular weight excluding hydrogens is 354 g/mol. The van der Waals surface area contributed by atoms with Crippen LogP contribution in [0.2, 0.25) is 0 Å². The van der Waals surface area contributed by atoms with Crippen molar-refractivity contribution in [1.82, 2.24) is 9.88 Å². The summed E-state index contributed by atoms with van der Waals surface area (Å²) in [5.41, 5.74) is 3.16. The second-order valence-corrected chi connectivity index (χ2v) is 8.50. The van der Waals surface area contributed by atoms with E-state index in [0.717, 1.165) is 35.6 Å². The zero-order valence-corrected chi connectivity index (χ0v) is 16.6. The van der Waals surface area contributed by atoms with Gasteiger partial charge in [-0.15, -0.1) is 11.3 Å². The van der Waals surface area contributed by atoms with E-state index >= 15 is 0 Å². The summed E-state index contributed by atoms with van der Waals surface area (Å²) in [6.07, 6.45) is 2.17. The topological polar surface area (TPSA) is 45.2 Å². The SMILES string of the molecule is CC(C)c1ccccc1NC(=O)CN1CCC[C@@H]1c1nc2ccccc2s1. The van der Waals surface area contributed by atoms with Gasteiger partial charge in [-0.05, 0) is 49.1 Å². The maximum absolute atomic E-state index is 12.7. The van der Waals surface area contributed by atoms with Crippen LogP contribution in [0, 0.1) is 0 Å². The predicted octanol–water partition coefficient (Wildman–Crippen LogP) is 5.20. The molecule has 27 heavy (non-hydrogen) atoms. The first kappa shape index (κ1) is 18.1. The lowest BCUT2D eigenvalue weighted by Crippen LogP contribution is -2.33. The minimum atomic E-state index is 0.0520. The molecule has 3 aromatic rings. The van der Waals surface area contributed by atoms with Crippen LogP contribution in [0.5, 0.6) is 0 Å². The number of carbonyl (C=O) groups excluding carboxylic acids is 1. The molecular formula is C22H25N3OS. The van der Waals surface area contributed by atoms with E-state index in [0.29, 0.717) is 12.5 Å². The molecule has 0 spiro atoms. The van der Waals surface area contributed by atoms with Crippen molar-refractivity contribution in [1.29, 1.82) is 0 Å². The maximum atomic E-state index is 12.7. The number of rotatable bonds is 5. The average molecular weight is 380 g/mol. The van der Waals surface area contributed by atoms with E-state index in [9.17, 15) is 4.79 Å². The van der Waals surface area contributed by atoms with Crippen LogP contribution in [0.15, 0.2) is 48.5 Å². The molecule has 0 bridgehead atoms. The lowest BCUT2D eigenvalue weighted by atomic mass is 10.0. The van der Waals surface area contributed by atoms with Crippen molar-refractivity contribution in [2.24, 2.45) is 0 Å². The summed E-state index contributed by atoms with van der Waals surface area (Å²) in [6, 6.07) is 16.6. The third-order valence-electron chi connectivity index (χ3n) is 5.16. The van der Waals surface area contributed by atoms with E-state index in [-0.39, 0.29) is 11.9 Å². The van der Waals surface area contributed by atoms with Crippen LogP contribution in [-0.2, 0) is 4.79 Å². The van der Waals surface area contributed by atoms with Crippen LogP contribution in [0.4, 0.5) is 5.69 Å². The number of hydrogen-bond donors (Lipinski definition) is 1. The fourth-order valence-electron chi connectivity index (χ4n) is 3.82. The molecule has 2 aromatic carbocycles. The Hall–Kier alpha value is -2.24.